The molecule has 0 spiro atoms. The van der Waals surface area contributed by atoms with Gasteiger partial charge in [-0.25, -0.2) is 15.0 Å². The van der Waals surface area contributed by atoms with E-state index in [2.05, 4.69) is 15.0 Å². The minimum Gasteiger partial charge on any atom is -0.387 e. The molecule has 2 heterocycles. The lowest BCUT2D eigenvalue weighted by atomic mass is 10.1. The van der Waals surface area contributed by atoms with Crippen LogP contribution in [0.25, 0.3) is 20.8 Å². The van der Waals surface area contributed by atoms with Gasteiger partial charge >= 0.3 is 0 Å². The molecule has 106 valence electrons. The highest BCUT2D eigenvalue weighted by Gasteiger charge is 2.14. The smallest absolute Gasteiger partial charge is 0.173 e. The Morgan fingerprint density at radius 3 is 2.86 bits per heavy atom. The molecule has 1 aromatic carbocycles. The van der Waals surface area contributed by atoms with Gasteiger partial charge in [-0.3, -0.25) is 0 Å². The number of aromatic nitrogens is 2. The van der Waals surface area contributed by atoms with Gasteiger partial charge in [0.15, 0.2) is 5.82 Å². The van der Waals surface area contributed by atoms with Crippen molar-refractivity contribution in [3.63, 3.8) is 0 Å². The van der Waals surface area contributed by atoms with Crippen LogP contribution in [0.2, 0.25) is 5.02 Å². The molecule has 21 heavy (non-hydrogen) atoms. The fourth-order valence-electron chi connectivity index (χ4n) is 2.10. The van der Waals surface area contributed by atoms with Gasteiger partial charge < -0.3 is 5.73 Å². The number of aliphatic imine (C=N–C) groups is 1. The van der Waals surface area contributed by atoms with Crippen LogP contribution in [0.4, 0.5) is 5.82 Å². The van der Waals surface area contributed by atoms with Crippen LogP contribution in [0.5, 0.6) is 0 Å². The maximum Gasteiger partial charge on any atom is 0.173 e. The Bertz CT molecular complexity index is 830. The van der Waals surface area contributed by atoms with Crippen molar-refractivity contribution in [3.8, 4) is 10.6 Å². The minimum absolute atomic E-state index is 0.471. The number of rotatable bonds is 2. The van der Waals surface area contributed by atoms with Crippen LogP contribution in [-0.2, 0) is 0 Å². The molecule has 0 aliphatic heterocycles. The Balaban J connectivity index is 2.25. The van der Waals surface area contributed by atoms with Gasteiger partial charge in [-0.2, -0.15) is 0 Å². The molecule has 3 aromatic rings. The molecule has 0 unspecified atom stereocenters. The highest BCUT2D eigenvalue weighted by atomic mass is 35.5. The second kappa shape index (κ2) is 5.42. The molecule has 0 aliphatic rings. The van der Waals surface area contributed by atoms with Crippen LogP contribution in [0, 0.1) is 6.92 Å². The van der Waals surface area contributed by atoms with Crippen LogP contribution in [0.1, 0.15) is 12.5 Å². The molecule has 2 N–H and O–H groups in total. The molecule has 0 saturated carbocycles. The highest BCUT2D eigenvalue weighted by molar-refractivity contribution is 7.22. The second-order valence-corrected chi connectivity index (χ2v) is 6.09. The molecule has 6 heteroatoms. The lowest BCUT2D eigenvalue weighted by Gasteiger charge is -2.03. The number of pyridine rings is 1. The molecule has 0 bridgehead atoms. The number of nitrogens with two attached hydrogens (primary N) is 1. The summed E-state index contributed by atoms with van der Waals surface area (Å²) in [5.41, 5.74) is 8.56. The molecular weight excluding hydrogens is 304 g/mol. The first kappa shape index (κ1) is 14.0. The number of hydrogen-bond donors (Lipinski definition) is 1. The molecule has 0 fully saturated rings. The lowest BCUT2D eigenvalue weighted by molar-refractivity contribution is 1.29. The van der Waals surface area contributed by atoms with Crippen molar-refractivity contribution in [2.75, 3.05) is 0 Å². The largest absolute Gasteiger partial charge is 0.387 e. The molecule has 0 radical (unpaired) electrons. The molecule has 0 aliphatic carbocycles. The van der Waals surface area contributed by atoms with Gasteiger partial charge in [-0.15, -0.1) is 11.3 Å². The van der Waals surface area contributed by atoms with Crippen molar-refractivity contribution in [1.29, 1.82) is 0 Å². The van der Waals surface area contributed by atoms with E-state index in [-0.39, 0.29) is 0 Å². The summed E-state index contributed by atoms with van der Waals surface area (Å²) >= 11 is 7.85. The van der Waals surface area contributed by atoms with Gasteiger partial charge in [-0.1, -0.05) is 23.7 Å². The quantitative estimate of drug-likeness (QED) is 0.565. The topological polar surface area (TPSA) is 64.2 Å². The van der Waals surface area contributed by atoms with Crippen LogP contribution >= 0.6 is 22.9 Å². The second-order valence-electron chi connectivity index (χ2n) is 4.69. The van der Waals surface area contributed by atoms with Gasteiger partial charge in [0.05, 0.1) is 21.1 Å². The number of aryl methyl sites for hydroxylation is 1. The van der Waals surface area contributed by atoms with Crippen molar-refractivity contribution < 1.29 is 0 Å². The van der Waals surface area contributed by atoms with Crippen LogP contribution in [0.3, 0.4) is 0 Å². The van der Waals surface area contributed by atoms with E-state index in [4.69, 9.17) is 17.3 Å². The van der Waals surface area contributed by atoms with Crippen molar-refractivity contribution in [3.05, 3.63) is 41.0 Å². The van der Waals surface area contributed by atoms with E-state index < -0.39 is 0 Å². The summed E-state index contributed by atoms with van der Waals surface area (Å²) < 4.78 is 0.914. The molecule has 4 nitrogen and oxygen atoms in total. The Morgan fingerprint density at radius 1 is 1.33 bits per heavy atom. The van der Waals surface area contributed by atoms with Gasteiger partial charge in [0.2, 0.25) is 0 Å². The fourth-order valence-corrected chi connectivity index (χ4v) is 3.58. The summed E-state index contributed by atoms with van der Waals surface area (Å²) in [4.78, 5) is 13.2. The SMILES string of the molecule is CC(N)=Nc1nccc2nc(-c3c(C)cccc3Cl)sc12. The average molecular weight is 317 g/mol. The average Bonchev–Trinajstić information content (AvgIpc) is 2.82. The maximum absolute atomic E-state index is 6.32. The summed E-state index contributed by atoms with van der Waals surface area (Å²) in [6.45, 7) is 3.76. The monoisotopic (exact) mass is 316 g/mol. The third-order valence-corrected chi connectivity index (χ3v) is 4.40. The number of hydrogen-bond acceptors (Lipinski definition) is 4. The normalized spacial score (nSPS) is 12.0. The zero-order valence-electron chi connectivity index (χ0n) is 11.6. The first-order chi connectivity index (χ1) is 10.1. The minimum atomic E-state index is 0.471. The standard InChI is InChI=1S/C15H13ClN4S/c1-8-4-3-5-10(16)12(8)15-20-11-6-7-18-14(13(11)21-15)19-9(2)17/h3-7H,1-2H3,(H2,17,18,19). The first-order valence-electron chi connectivity index (χ1n) is 6.38. The Hall–Kier alpha value is -1.98. The van der Waals surface area contributed by atoms with E-state index in [0.717, 1.165) is 26.4 Å². The van der Waals surface area contributed by atoms with Crippen LogP contribution < -0.4 is 5.73 Å². The summed E-state index contributed by atoms with van der Waals surface area (Å²) in [5.74, 6) is 1.07. The molecular formula is C15H13ClN4S. The third kappa shape index (κ3) is 2.62. The Kier molecular flexibility index (Phi) is 3.61. The Morgan fingerprint density at radius 2 is 2.14 bits per heavy atom. The van der Waals surface area contributed by atoms with Crippen molar-refractivity contribution in [2.45, 2.75) is 13.8 Å². The molecule has 2 aromatic heterocycles. The van der Waals surface area contributed by atoms with Crippen molar-refractivity contribution in [2.24, 2.45) is 10.7 Å². The summed E-state index contributed by atoms with van der Waals surface area (Å²) in [5, 5.41) is 1.56. The number of halogens is 1. The van der Waals surface area contributed by atoms with Gasteiger partial charge in [0.25, 0.3) is 0 Å². The molecule has 3 rings (SSSR count). The van der Waals surface area contributed by atoms with Crippen LogP contribution in [0.15, 0.2) is 35.5 Å². The van der Waals surface area contributed by atoms with E-state index in [9.17, 15) is 0 Å². The van der Waals surface area contributed by atoms with Crippen molar-refractivity contribution >= 4 is 44.8 Å². The van der Waals surface area contributed by atoms with Crippen molar-refractivity contribution in [1.82, 2.24) is 9.97 Å². The van der Waals surface area contributed by atoms with E-state index in [1.807, 2.05) is 31.2 Å². The van der Waals surface area contributed by atoms with Gasteiger partial charge in [0.1, 0.15) is 5.01 Å². The predicted molar refractivity (Wildman–Crippen MR) is 89.6 cm³/mol. The summed E-state index contributed by atoms with van der Waals surface area (Å²) in [6.07, 6.45) is 1.69. The van der Waals surface area contributed by atoms with Crippen LogP contribution in [-0.4, -0.2) is 15.8 Å². The number of benzene rings is 1. The van der Waals surface area contributed by atoms with E-state index in [1.54, 1.807) is 13.1 Å². The Labute approximate surface area is 131 Å². The first-order valence-corrected chi connectivity index (χ1v) is 7.57. The van der Waals surface area contributed by atoms with E-state index in [0.29, 0.717) is 16.7 Å². The predicted octanol–water partition coefficient (Wildman–Crippen LogP) is 4.33. The molecule has 0 saturated heterocycles. The number of nitrogens with zero attached hydrogens (tertiary/aromatic N) is 3. The van der Waals surface area contributed by atoms with E-state index >= 15 is 0 Å². The fraction of sp³-hybridized carbons (Fsp3) is 0.133. The van der Waals surface area contributed by atoms with Gasteiger partial charge in [0, 0.05) is 11.8 Å². The van der Waals surface area contributed by atoms with Gasteiger partial charge in [-0.05, 0) is 31.5 Å². The molecule has 0 amide bonds. The number of amidine groups is 1. The zero-order valence-corrected chi connectivity index (χ0v) is 13.2. The summed E-state index contributed by atoms with van der Waals surface area (Å²) in [6, 6.07) is 7.70. The third-order valence-electron chi connectivity index (χ3n) is 3.00. The zero-order chi connectivity index (χ0) is 15.0. The number of fused-ring (bicyclic) bond motifs is 1. The highest BCUT2D eigenvalue weighted by Crippen LogP contribution is 2.38. The maximum atomic E-state index is 6.32. The molecule has 0 atom stereocenters. The number of thiazole rings is 1. The lowest BCUT2D eigenvalue weighted by Crippen LogP contribution is -2.04. The summed E-state index contributed by atoms with van der Waals surface area (Å²) in [7, 11) is 0. The van der Waals surface area contributed by atoms with E-state index in [1.165, 1.54) is 11.3 Å².